The van der Waals surface area contributed by atoms with Crippen LogP contribution in [0.1, 0.15) is 21.6 Å². The molecule has 0 spiro atoms. The van der Waals surface area contributed by atoms with Gasteiger partial charge in [0.2, 0.25) is 5.91 Å². The van der Waals surface area contributed by atoms with E-state index in [1.165, 1.54) is 47.4 Å². The number of nitrogens with zero attached hydrogens (tertiary/aromatic N) is 2. The Bertz CT molecular complexity index is 914. The minimum Gasteiger partial charge on any atom is -0.352 e. The third-order valence-corrected chi connectivity index (χ3v) is 5.67. The number of Topliss-reactive ketones (excluding diaryl/α,β-unsaturated/α-hetero) is 1. The van der Waals surface area contributed by atoms with Crippen molar-refractivity contribution in [1.82, 2.24) is 15.3 Å². The Hall–Kier alpha value is -2.58. The van der Waals surface area contributed by atoms with Crippen LogP contribution in [0.15, 0.2) is 58.5 Å². The van der Waals surface area contributed by atoms with E-state index in [0.717, 1.165) is 9.90 Å². The first-order chi connectivity index (χ1) is 13.1. The van der Waals surface area contributed by atoms with Crippen LogP contribution in [0, 0.1) is 5.82 Å². The van der Waals surface area contributed by atoms with Crippen LogP contribution in [0.25, 0.3) is 0 Å². The van der Waals surface area contributed by atoms with Crippen LogP contribution in [-0.4, -0.2) is 27.4 Å². The van der Waals surface area contributed by atoms with Crippen molar-refractivity contribution < 1.29 is 14.0 Å². The number of thioether (sulfide) groups is 1. The number of halogens is 1. The second kappa shape index (κ2) is 9.38. The topological polar surface area (TPSA) is 72.0 Å². The van der Waals surface area contributed by atoms with Gasteiger partial charge in [0.15, 0.2) is 10.1 Å². The van der Waals surface area contributed by atoms with Gasteiger partial charge in [-0.1, -0.05) is 11.8 Å². The number of amides is 1. The summed E-state index contributed by atoms with van der Waals surface area (Å²) in [6, 6.07) is 9.16. The van der Waals surface area contributed by atoms with Gasteiger partial charge in [-0.2, -0.15) is 0 Å². The largest absolute Gasteiger partial charge is 0.352 e. The number of aromatic nitrogens is 2. The van der Waals surface area contributed by atoms with Gasteiger partial charge in [0.25, 0.3) is 0 Å². The van der Waals surface area contributed by atoms with Crippen LogP contribution in [0.3, 0.4) is 0 Å². The van der Waals surface area contributed by atoms with Crippen molar-refractivity contribution in [3.63, 3.8) is 0 Å². The first-order valence-electron chi connectivity index (χ1n) is 8.12. The molecule has 3 rings (SSSR count). The molecular formula is C19H16FN3O2S2. The molecule has 0 saturated carbocycles. The zero-order valence-electron chi connectivity index (χ0n) is 14.2. The molecule has 0 aliphatic carbocycles. The standard InChI is InChI=1S/C19H16FN3O2S2/c20-15-3-1-14(2-4-15)17(24)12-27-19-23-16(11-26-19)9-18(25)22-10-13-5-7-21-8-6-13/h1-8,11H,9-10,12H2,(H,22,25). The van der Waals surface area contributed by atoms with Gasteiger partial charge in [-0.05, 0) is 42.0 Å². The molecule has 138 valence electrons. The Balaban J connectivity index is 1.45. The lowest BCUT2D eigenvalue weighted by atomic mass is 10.1. The van der Waals surface area contributed by atoms with Crippen LogP contribution in [0.5, 0.6) is 0 Å². The van der Waals surface area contributed by atoms with Gasteiger partial charge in [0.1, 0.15) is 5.82 Å². The van der Waals surface area contributed by atoms with E-state index in [2.05, 4.69) is 15.3 Å². The maximum atomic E-state index is 12.9. The lowest BCUT2D eigenvalue weighted by molar-refractivity contribution is -0.120. The van der Waals surface area contributed by atoms with Crippen molar-refractivity contribution in [1.29, 1.82) is 0 Å². The summed E-state index contributed by atoms with van der Waals surface area (Å²) in [6.45, 7) is 0.444. The van der Waals surface area contributed by atoms with Crippen molar-refractivity contribution >= 4 is 34.8 Å². The summed E-state index contributed by atoms with van der Waals surface area (Å²) in [4.78, 5) is 32.4. The highest BCUT2D eigenvalue weighted by atomic mass is 32.2. The first kappa shape index (κ1) is 19.2. The molecule has 8 heteroatoms. The first-order valence-corrected chi connectivity index (χ1v) is 9.98. The number of hydrogen-bond donors (Lipinski definition) is 1. The summed E-state index contributed by atoms with van der Waals surface area (Å²) in [5, 5.41) is 4.66. The van der Waals surface area contributed by atoms with Crippen molar-refractivity contribution in [2.45, 2.75) is 17.3 Å². The van der Waals surface area contributed by atoms with Gasteiger partial charge < -0.3 is 5.32 Å². The lowest BCUT2D eigenvalue weighted by Gasteiger charge is -2.03. The SMILES string of the molecule is O=C(Cc1csc(SCC(=O)c2ccc(F)cc2)n1)NCc1ccncc1. The molecule has 3 aromatic rings. The predicted molar refractivity (Wildman–Crippen MR) is 103 cm³/mol. The number of benzene rings is 1. The molecule has 0 unspecified atom stereocenters. The van der Waals surface area contributed by atoms with E-state index >= 15 is 0 Å². The number of carbonyl (C=O) groups excluding carboxylic acids is 2. The van der Waals surface area contributed by atoms with Gasteiger partial charge in [0.05, 0.1) is 17.9 Å². The number of rotatable bonds is 8. The van der Waals surface area contributed by atoms with E-state index in [1.54, 1.807) is 12.4 Å². The van der Waals surface area contributed by atoms with Crippen molar-refractivity contribution in [3.8, 4) is 0 Å². The summed E-state index contributed by atoms with van der Waals surface area (Å²) < 4.78 is 13.6. The van der Waals surface area contributed by atoms with E-state index in [4.69, 9.17) is 0 Å². The van der Waals surface area contributed by atoms with Gasteiger partial charge >= 0.3 is 0 Å². The number of thiazole rings is 1. The zero-order valence-corrected chi connectivity index (χ0v) is 15.9. The van der Waals surface area contributed by atoms with E-state index < -0.39 is 0 Å². The summed E-state index contributed by atoms with van der Waals surface area (Å²) in [6.07, 6.45) is 3.55. The van der Waals surface area contributed by atoms with Gasteiger partial charge in [-0.25, -0.2) is 9.37 Å². The second-order valence-electron chi connectivity index (χ2n) is 5.63. The Morgan fingerprint density at radius 1 is 1.11 bits per heavy atom. The van der Waals surface area contributed by atoms with E-state index in [9.17, 15) is 14.0 Å². The summed E-state index contributed by atoms with van der Waals surface area (Å²) in [7, 11) is 0. The summed E-state index contributed by atoms with van der Waals surface area (Å²) in [5.41, 5.74) is 2.12. The van der Waals surface area contributed by atoms with E-state index in [0.29, 0.717) is 17.8 Å². The minimum atomic E-state index is -0.369. The fourth-order valence-electron chi connectivity index (χ4n) is 2.21. The monoisotopic (exact) mass is 401 g/mol. The molecule has 5 nitrogen and oxygen atoms in total. The van der Waals surface area contributed by atoms with Gasteiger partial charge in [-0.3, -0.25) is 14.6 Å². The molecule has 1 N–H and O–H groups in total. The molecule has 0 atom stereocenters. The highest BCUT2D eigenvalue weighted by molar-refractivity contribution is 8.01. The molecule has 0 radical (unpaired) electrons. The maximum absolute atomic E-state index is 12.9. The Kier molecular flexibility index (Phi) is 6.67. The molecule has 0 fully saturated rings. The normalized spacial score (nSPS) is 10.6. The maximum Gasteiger partial charge on any atom is 0.226 e. The molecule has 27 heavy (non-hydrogen) atoms. The van der Waals surface area contributed by atoms with Crippen LogP contribution < -0.4 is 5.32 Å². The Morgan fingerprint density at radius 3 is 2.59 bits per heavy atom. The van der Waals surface area contributed by atoms with Crippen molar-refractivity contribution in [2.75, 3.05) is 5.75 Å². The molecule has 2 aromatic heterocycles. The average molecular weight is 401 g/mol. The lowest BCUT2D eigenvalue weighted by Crippen LogP contribution is -2.24. The van der Waals surface area contributed by atoms with Crippen LogP contribution >= 0.6 is 23.1 Å². The molecule has 1 amide bonds. The van der Waals surface area contributed by atoms with E-state index in [1.807, 2.05) is 17.5 Å². The highest BCUT2D eigenvalue weighted by Crippen LogP contribution is 2.24. The number of ketones is 1. The quantitative estimate of drug-likeness (QED) is 0.462. The van der Waals surface area contributed by atoms with Crippen molar-refractivity contribution in [3.05, 3.63) is 76.8 Å². The molecule has 1 aromatic carbocycles. The number of hydrogen-bond acceptors (Lipinski definition) is 6. The highest BCUT2D eigenvalue weighted by Gasteiger charge is 2.11. The second-order valence-corrected chi connectivity index (χ2v) is 7.71. The molecule has 2 heterocycles. The minimum absolute atomic E-state index is 0.0909. The molecule has 0 aliphatic rings. The fraction of sp³-hybridized carbons (Fsp3) is 0.158. The molecule has 0 aliphatic heterocycles. The van der Waals surface area contributed by atoms with Crippen LogP contribution in [-0.2, 0) is 17.8 Å². The predicted octanol–water partition coefficient (Wildman–Crippen LogP) is 3.51. The third-order valence-electron chi connectivity index (χ3n) is 3.60. The zero-order chi connectivity index (χ0) is 19.1. The summed E-state index contributed by atoms with van der Waals surface area (Å²) >= 11 is 2.71. The molecule has 0 bridgehead atoms. The average Bonchev–Trinajstić information content (AvgIpc) is 3.13. The van der Waals surface area contributed by atoms with Crippen LogP contribution in [0.2, 0.25) is 0 Å². The smallest absolute Gasteiger partial charge is 0.226 e. The third kappa shape index (κ3) is 5.97. The van der Waals surface area contributed by atoms with Crippen LogP contribution in [0.4, 0.5) is 4.39 Å². The summed E-state index contributed by atoms with van der Waals surface area (Å²) in [5.74, 6) is -0.360. The van der Waals surface area contributed by atoms with Gasteiger partial charge in [-0.15, -0.1) is 11.3 Å². The number of pyridine rings is 1. The fourth-order valence-corrected chi connectivity index (χ4v) is 3.95. The van der Waals surface area contributed by atoms with Crippen molar-refractivity contribution in [2.24, 2.45) is 0 Å². The molecular weight excluding hydrogens is 385 g/mol. The molecule has 0 saturated heterocycles. The van der Waals surface area contributed by atoms with Gasteiger partial charge in [0, 0.05) is 29.9 Å². The van der Waals surface area contributed by atoms with E-state index in [-0.39, 0.29) is 29.7 Å². The Morgan fingerprint density at radius 2 is 1.85 bits per heavy atom. The number of nitrogens with one attached hydrogen (secondary N) is 1. The number of carbonyl (C=O) groups is 2. The Labute approximate surface area is 164 Å².